The van der Waals surface area contributed by atoms with Gasteiger partial charge in [0.05, 0.1) is 0 Å². The first-order valence-corrected chi connectivity index (χ1v) is 10.1. The van der Waals surface area contributed by atoms with Crippen LogP contribution in [0, 0.1) is 5.92 Å². The summed E-state index contributed by atoms with van der Waals surface area (Å²) in [6.45, 7) is 5.06. The van der Waals surface area contributed by atoms with Gasteiger partial charge >= 0.3 is 0 Å². The predicted octanol–water partition coefficient (Wildman–Crippen LogP) is 4.29. The minimum Gasteiger partial charge on any atom is -0.337 e. The molecule has 0 bridgehead atoms. The number of aromatic nitrogens is 2. The van der Waals surface area contributed by atoms with E-state index < -0.39 is 0 Å². The van der Waals surface area contributed by atoms with Gasteiger partial charge in [0.25, 0.3) is 0 Å². The van der Waals surface area contributed by atoms with E-state index in [1.165, 1.54) is 11.1 Å². The first-order valence-electron chi connectivity index (χ1n) is 10.1. The van der Waals surface area contributed by atoms with Gasteiger partial charge in [0.2, 0.25) is 17.6 Å². The van der Waals surface area contributed by atoms with E-state index in [9.17, 15) is 4.79 Å². The van der Waals surface area contributed by atoms with Crippen LogP contribution < -0.4 is 5.73 Å². The Morgan fingerprint density at radius 1 is 1.20 bits per heavy atom. The largest absolute Gasteiger partial charge is 0.337 e. The average molecular weight is 427 g/mol. The highest BCUT2D eigenvalue weighted by molar-refractivity contribution is 5.85. The SMILES string of the molecule is CCC(C)C(=O)N1Cc2ccccc2CC1c1nc(-c2ccc(CN)cc2)no1.Cl. The molecule has 2 aromatic carbocycles. The van der Waals surface area contributed by atoms with Crippen molar-refractivity contribution in [3.63, 3.8) is 0 Å². The number of hydrogen-bond donors (Lipinski definition) is 1. The average Bonchev–Trinajstić information content (AvgIpc) is 3.27. The number of rotatable bonds is 5. The third-order valence-electron chi connectivity index (χ3n) is 5.74. The van der Waals surface area contributed by atoms with Crippen LogP contribution in [0.25, 0.3) is 11.4 Å². The molecule has 1 aliphatic heterocycles. The number of fused-ring (bicyclic) bond motifs is 1. The molecule has 0 saturated carbocycles. The Balaban J connectivity index is 0.00000256. The summed E-state index contributed by atoms with van der Waals surface area (Å²) in [6.07, 6.45) is 1.47. The van der Waals surface area contributed by atoms with Crippen molar-refractivity contribution in [2.45, 2.75) is 45.8 Å². The van der Waals surface area contributed by atoms with Crippen molar-refractivity contribution in [2.75, 3.05) is 0 Å². The van der Waals surface area contributed by atoms with Gasteiger partial charge in [-0.25, -0.2) is 0 Å². The molecule has 1 aromatic heterocycles. The lowest BCUT2D eigenvalue weighted by atomic mass is 9.92. The minimum atomic E-state index is -0.254. The summed E-state index contributed by atoms with van der Waals surface area (Å²) in [5.41, 5.74) is 9.99. The second kappa shape index (κ2) is 9.41. The van der Waals surface area contributed by atoms with Gasteiger partial charge in [0.1, 0.15) is 6.04 Å². The third kappa shape index (κ3) is 4.25. The van der Waals surface area contributed by atoms with Gasteiger partial charge in [-0.15, -0.1) is 12.4 Å². The number of carbonyl (C=O) groups is 1. The van der Waals surface area contributed by atoms with Crippen LogP contribution in [0.5, 0.6) is 0 Å². The zero-order valence-corrected chi connectivity index (χ0v) is 18.1. The molecule has 30 heavy (non-hydrogen) atoms. The Morgan fingerprint density at radius 2 is 1.90 bits per heavy atom. The molecule has 2 N–H and O–H groups in total. The van der Waals surface area contributed by atoms with Crippen LogP contribution in [0.15, 0.2) is 53.1 Å². The van der Waals surface area contributed by atoms with Crippen LogP contribution in [0.3, 0.4) is 0 Å². The molecular weight excluding hydrogens is 400 g/mol. The van der Waals surface area contributed by atoms with Crippen LogP contribution in [0.4, 0.5) is 0 Å². The third-order valence-corrected chi connectivity index (χ3v) is 5.74. The summed E-state index contributed by atoms with van der Waals surface area (Å²) in [7, 11) is 0. The maximum atomic E-state index is 13.1. The monoisotopic (exact) mass is 426 g/mol. The fraction of sp³-hybridized carbons (Fsp3) is 0.348. The number of hydrogen-bond acceptors (Lipinski definition) is 5. The molecule has 0 aliphatic carbocycles. The quantitative estimate of drug-likeness (QED) is 0.657. The highest BCUT2D eigenvalue weighted by Gasteiger charge is 2.35. The van der Waals surface area contributed by atoms with Gasteiger partial charge in [-0.2, -0.15) is 4.98 Å². The van der Waals surface area contributed by atoms with E-state index in [-0.39, 0.29) is 30.3 Å². The molecule has 158 valence electrons. The second-order valence-corrected chi connectivity index (χ2v) is 7.62. The van der Waals surface area contributed by atoms with Crippen LogP contribution in [-0.2, 0) is 24.3 Å². The Labute approximate surface area is 182 Å². The Bertz CT molecular complexity index is 1000. The summed E-state index contributed by atoms with van der Waals surface area (Å²) >= 11 is 0. The minimum absolute atomic E-state index is 0. The number of nitrogens with two attached hydrogens (primary N) is 1. The number of carbonyl (C=O) groups excluding carboxylic acids is 1. The molecule has 1 amide bonds. The van der Waals surface area contributed by atoms with Gasteiger partial charge in [0.15, 0.2) is 0 Å². The standard InChI is InChI=1S/C23H26N4O2.ClH/c1-3-15(2)23(28)27-14-19-7-5-4-6-18(19)12-20(27)22-25-21(26-29-22)17-10-8-16(13-24)9-11-17;/h4-11,15,20H,3,12-14,24H2,1-2H3;1H. The van der Waals surface area contributed by atoms with E-state index in [0.29, 0.717) is 31.2 Å². The summed E-state index contributed by atoms with van der Waals surface area (Å²) in [5, 5.41) is 4.18. The first kappa shape index (κ1) is 22.0. The van der Waals surface area contributed by atoms with E-state index >= 15 is 0 Å². The summed E-state index contributed by atoms with van der Waals surface area (Å²) in [6, 6.07) is 15.8. The summed E-state index contributed by atoms with van der Waals surface area (Å²) < 4.78 is 5.64. The lowest BCUT2D eigenvalue weighted by Gasteiger charge is -2.36. The lowest BCUT2D eigenvalue weighted by Crippen LogP contribution is -2.41. The molecule has 3 aromatic rings. The fourth-order valence-corrected chi connectivity index (χ4v) is 3.71. The Morgan fingerprint density at radius 3 is 2.57 bits per heavy atom. The molecule has 0 fully saturated rings. The number of amides is 1. The van der Waals surface area contributed by atoms with Gasteiger partial charge in [-0.1, -0.05) is 67.5 Å². The molecule has 6 nitrogen and oxygen atoms in total. The Hall–Kier alpha value is -2.70. The van der Waals surface area contributed by atoms with E-state index in [2.05, 4.69) is 22.3 Å². The highest BCUT2D eigenvalue weighted by atomic mass is 35.5. The fourth-order valence-electron chi connectivity index (χ4n) is 3.71. The molecule has 2 unspecified atom stereocenters. The first-order chi connectivity index (χ1) is 14.1. The van der Waals surface area contributed by atoms with Crippen LogP contribution >= 0.6 is 12.4 Å². The van der Waals surface area contributed by atoms with Gasteiger partial charge in [-0.05, 0) is 23.1 Å². The van der Waals surface area contributed by atoms with Gasteiger partial charge < -0.3 is 15.2 Å². The number of benzene rings is 2. The van der Waals surface area contributed by atoms with Crippen LogP contribution in [-0.4, -0.2) is 20.9 Å². The maximum absolute atomic E-state index is 13.1. The van der Waals surface area contributed by atoms with E-state index in [4.69, 9.17) is 10.3 Å². The molecule has 2 atom stereocenters. The molecule has 2 heterocycles. The van der Waals surface area contributed by atoms with Crippen molar-refractivity contribution < 1.29 is 9.32 Å². The molecule has 0 spiro atoms. The van der Waals surface area contributed by atoms with Gasteiger partial charge in [0, 0.05) is 31.0 Å². The highest BCUT2D eigenvalue weighted by Crippen LogP contribution is 2.34. The van der Waals surface area contributed by atoms with Crippen LogP contribution in [0.1, 0.15) is 48.9 Å². The molecule has 0 radical (unpaired) electrons. The van der Waals surface area contributed by atoms with Crippen molar-refractivity contribution in [1.82, 2.24) is 15.0 Å². The number of nitrogens with zero attached hydrogens (tertiary/aromatic N) is 3. The molecule has 7 heteroatoms. The summed E-state index contributed by atoms with van der Waals surface area (Å²) in [5.74, 6) is 1.08. The molecule has 1 aliphatic rings. The van der Waals surface area contributed by atoms with Crippen molar-refractivity contribution in [2.24, 2.45) is 11.7 Å². The van der Waals surface area contributed by atoms with Gasteiger partial charge in [-0.3, -0.25) is 4.79 Å². The zero-order chi connectivity index (χ0) is 20.4. The Kier molecular flexibility index (Phi) is 6.90. The predicted molar refractivity (Wildman–Crippen MR) is 118 cm³/mol. The topological polar surface area (TPSA) is 85.2 Å². The van der Waals surface area contributed by atoms with E-state index in [0.717, 1.165) is 17.5 Å². The second-order valence-electron chi connectivity index (χ2n) is 7.62. The van der Waals surface area contributed by atoms with E-state index in [1.807, 2.05) is 55.1 Å². The van der Waals surface area contributed by atoms with E-state index in [1.54, 1.807) is 0 Å². The summed E-state index contributed by atoms with van der Waals surface area (Å²) in [4.78, 5) is 19.6. The van der Waals surface area contributed by atoms with Crippen LogP contribution in [0.2, 0.25) is 0 Å². The smallest absolute Gasteiger partial charge is 0.250 e. The normalized spacial score (nSPS) is 16.5. The molecule has 0 saturated heterocycles. The lowest BCUT2D eigenvalue weighted by molar-refractivity contribution is -0.139. The van der Waals surface area contributed by atoms with Crippen molar-refractivity contribution >= 4 is 18.3 Å². The van der Waals surface area contributed by atoms with Crippen molar-refractivity contribution in [1.29, 1.82) is 0 Å². The number of halogens is 1. The molecular formula is C23H27ClN4O2. The van der Waals surface area contributed by atoms with Crippen molar-refractivity contribution in [3.8, 4) is 11.4 Å². The van der Waals surface area contributed by atoms with Crippen molar-refractivity contribution in [3.05, 3.63) is 71.1 Å². The zero-order valence-electron chi connectivity index (χ0n) is 17.2. The molecule has 4 rings (SSSR count). The maximum Gasteiger partial charge on any atom is 0.250 e.